The summed E-state index contributed by atoms with van der Waals surface area (Å²) in [6.07, 6.45) is -0.887. The van der Waals surface area contributed by atoms with E-state index < -0.39 is 11.9 Å². The predicted octanol–water partition coefficient (Wildman–Crippen LogP) is 3.65. The van der Waals surface area contributed by atoms with Gasteiger partial charge in [-0.05, 0) is 36.8 Å². The van der Waals surface area contributed by atoms with Gasteiger partial charge < -0.3 is 10.0 Å². The van der Waals surface area contributed by atoms with Crippen molar-refractivity contribution in [1.29, 1.82) is 0 Å². The van der Waals surface area contributed by atoms with Crippen molar-refractivity contribution in [3.05, 3.63) is 65.2 Å². The Kier molecular flexibility index (Phi) is 4.35. The number of aliphatic hydroxyl groups is 1. The highest BCUT2D eigenvalue weighted by Crippen LogP contribution is 2.29. The molecule has 0 aromatic heterocycles. The topological polar surface area (TPSA) is 23.5 Å². The highest BCUT2D eigenvalue weighted by Gasteiger charge is 2.16. The van der Waals surface area contributed by atoms with Crippen LogP contribution >= 0.6 is 0 Å². The second-order valence-electron chi connectivity index (χ2n) is 4.83. The van der Waals surface area contributed by atoms with Crippen molar-refractivity contribution in [1.82, 2.24) is 0 Å². The van der Waals surface area contributed by atoms with Crippen LogP contribution < -0.4 is 4.90 Å². The maximum absolute atomic E-state index is 13.8. The summed E-state index contributed by atoms with van der Waals surface area (Å²) >= 11 is 0. The van der Waals surface area contributed by atoms with E-state index in [9.17, 15) is 13.9 Å². The van der Waals surface area contributed by atoms with Crippen molar-refractivity contribution < 1.29 is 13.9 Å². The molecule has 2 aromatic rings. The van der Waals surface area contributed by atoms with Gasteiger partial charge in [0.05, 0.1) is 6.10 Å². The summed E-state index contributed by atoms with van der Waals surface area (Å²) in [6.45, 7) is 2.04. The van der Waals surface area contributed by atoms with Crippen LogP contribution in [-0.2, 0) is 6.54 Å². The molecule has 1 unspecified atom stereocenters. The third-order valence-electron chi connectivity index (χ3n) is 3.19. The lowest BCUT2D eigenvalue weighted by Crippen LogP contribution is -2.19. The first-order valence-electron chi connectivity index (χ1n) is 6.41. The molecule has 0 bridgehead atoms. The molecule has 0 fully saturated rings. The smallest absolute Gasteiger partial charge is 0.131 e. The molecule has 0 aliphatic heterocycles. The number of anilines is 1. The van der Waals surface area contributed by atoms with Gasteiger partial charge in [0.15, 0.2) is 0 Å². The molecule has 1 N–H and O–H groups in total. The Bertz CT molecular complexity index is 582. The van der Waals surface area contributed by atoms with Crippen LogP contribution in [0.5, 0.6) is 0 Å². The van der Waals surface area contributed by atoms with Gasteiger partial charge in [0, 0.05) is 24.8 Å². The SMILES string of the molecule is CC(O)c1c(F)cccc1N(C)Cc1ccc(F)cc1. The van der Waals surface area contributed by atoms with E-state index in [4.69, 9.17) is 0 Å². The largest absolute Gasteiger partial charge is 0.389 e. The summed E-state index contributed by atoms with van der Waals surface area (Å²) < 4.78 is 26.7. The Balaban J connectivity index is 2.27. The number of halogens is 2. The second kappa shape index (κ2) is 6.01. The Labute approximate surface area is 117 Å². The van der Waals surface area contributed by atoms with Gasteiger partial charge in [0.25, 0.3) is 0 Å². The van der Waals surface area contributed by atoms with Crippen LogP contribution in [0.1, 0.15) is 24.2 Å². The first-order valence-corrected chi connectivity index (χ1v) is 6.41. The van der Waals surface area contributed by atoms with E-state index >= 15 is 0 Å². The minimum Gasteiger partial charge on any atom is -0.389 e. The quantitative estimate of drug-likeness (QED) is 0.922. The molecule has 0 radical (unpaired) electrons. The van der Waals surface area contributed by atoms with Crippen LogP contribution in [-0.4, -0.2) is 12.2 Å². The van der Waals surface area contributed by atoms with Gasteiger partial charge in [-0.1, -0.05) is 18.2 Å². The summed E-state index contributed by atoms with van der Waals surface area (Å²) in [5.41, 5.74) is 1.82. The van der Waals surface area contributed by atoms with E-state index in [-0.39, 0.29) is 11.4 Å². The fraction of sp³-hybridized carbons (Fsp3) is 0.250. The third kappa shape index (κ3) is 3.14. The van der Waals surface area contributed by atoms with E-state index in [0.29, 0.717) is 12.2 Å². The van der Waals surface area contributed by atoms with E-state index in [0.717, 1.165) is 5.56 Å². The Morgan fingerprint density at radius 2 is 1.75 bits per heavy atom. The number of nitrogens with zero attached hydrogens (tertiary/aromatic N) is 1. The van der Waals surface area contributed by atoms with Gasteiger partial charge in [-0.3, -0.25) is 0 Å². The summed E-state index contributed by atoms with van der Waals surface area (Å²) in [5.74, 6) is -0.713. The third-order valence-corrected chi connectivity index (χ3v) is 3.19. The van der Waals surface area contributed by atoms with E-state index in [1.165, 1.54) is 25.1 Å². The van der Waals surface area contributed by atoms with Crippen molar-refractivity contribution in [2.45, 2.75) is 19.6 Å². The number of hydrogen-bond acceptors (Lipinski definition) is 2. The monoisotopic (exact) mass is 277 g/mol. The summed E-state index contributed by atoms with van der Waals surface area (Å²) in [6, 6.07) is 10.9. The van der Waals surface area contributed by atoms with Crippen molar-refractivity contribution >= 4 is 5.69 Å². The zero-order valence-electron chi connectivity index (χ0n) is 11.5. The van der Waals surface area contributed by atoms with Crippen molar-refractivity contribution in [2.75, 3.05) is 11.9 Å². The molecule has 1 atom stereocenters. The zero-order chi connectivity index (χ0) is 14.7. The first kappa shape index (κ1) is 14.5. The highest BCUT2D eigenvalue weighted by atomic mass is 19.1. The standard InChI is InChI=1S/C16H17F2NO/c1-11(20)16-14(18)4-3-5-15(16)19(2)10-12-6-8-13(17)9-7-12/h3-9,11,20H,10H2,1-2H3. The molecule has 2 nitrogen and oxygen atoms in total. The average Bonchev–Trinajstić information content (AvgIpc) is 2.40. The molecule has 0 heterocycles. The van der Waals surface area contributed by atoms with Gasteiger partial charge in [0.1, 0.15) is 11.6 Å². The molecule has 0 aliphatic carbocycles. The number of rotatable bonds is 4. The minimum atomic E-state index is -0.887. The maximum Gasteiger partial charge on any atom is 0.131 e. The fourth-order valence-corrected chi connectivity index (χ4v) is 2.22. The lowest BCUT2D eigenvalue weighted by molar-refractivity contribution is 0.194. The van der Waals surface area contributed by atoms with Crippen molar-refractivity contribution in [3.8, 4) is 0 Å². The van der Waals surface area contributed by atoms with Gasteiger partial charge in [-0.15, -0.1) is 0 Å². The molecule has 2 aromatic carbocycles. The fourth-order valence-electron chi connectivity index (χ4n) is 2.22. The summed E-state index contributed by atoms with van der Waals surface area (Å²) in [4.78, 5) is 1.83. The first-order chi connectivity index (χ1) is 9.49. The molecule has 0 spiro atoms. The van der Waals surface area contributed by atoms with Crippen molar-refractivity contribution in [2.24, 2.45) is 0 Å². The molecule has 2 rings (SSSR count). The number of benzene rings is 2. The van der Waals surface area contributed by atoms with Crippen LogP contribution in [0.4, 0.5) is 14.5 Å². The molecule has 0 amide bonds. The Morgan fingerprint density at radius 3 is 2.35 bits per heavy atom. The second-order valence-corrected chi connectivity index (χ2v) is 4.83. The van der Waals surface area contributed by atoms with Crippen LogP contribution in [0.2, 0.25) is 0 Å². The van der Waals surface area contributed by atoms with Gasteiger partial charge in [-0.25, -0.2) is 8.78 Å². The lowest BCUT2D eigenvalue weighted by atomic mass is 10.1. The number of aliphatic hydroxyl groups excluding tert-OH is 1. The van der Waals surface area contributed by atoms with E-state index in [2.05, 4.69) is 0 Å². The lowest BCUT2D eigenvalue weighted by Gasteiger charge is -2.24. The molecule has 0 saturated carbocycles. The van der Waals surface area contributed by atoms with Crippen LogP contribution in [0, 0.1) is 11.6 Å². The Morgan fingerprint density at radius 1 is 1.10 bits per heavy atom. The van der Waals surface area contributed by atoms with Gasteiger partial charge >= 0.3 is 0 Å². The number of hydrogen-bond donors (Lipinski definition) is 1. The van der Waals surface area contributed by atoms with E-state index in [1.807, 2.05) is 11.9 Å². The molecule has 20 heavy (non-hydrogen) atoms. The van der Waals surface area contributed by atoms with E-state index in [1.54, 1.807) is 24.3 Å². The molecule has 106 valence electrons. The average molecular weight is 277 g/mol. The maximum atomic E-state index is 13.8. The van der Waals surface area contributed by atoms with Crippen LogP contribution in [0.3, 0.4) is 0 Å². The molecule has 0 saturated heterocycles. The molecular formula is C16H17F2NO. The Hall–Kier alpha value is -1.94. The minimum absolute atomic E-state index is 0.275. The molecular weight excluding hydrogens is 260 g/mol. The summed E-state index contributed by atoms with van der Waals surface area (Å²) in [5, 5.41) is 9.72. The molecule has 4 heteroatoms. The molecule has 0 aliphatic rings. The van der Waals surface area contributed by atoms with Gasteiger partial charge in [0.2, 0.25) is 0 Å². The van der Waals surface area contributed by atoms with Crippen LogP contribution in [0.15, 0.2) is 42.5 Å². The zero-order valence-corrected chi connectivity index (χ0v) is 11.5. The van der Waals surface area contributed by atoms with Crippen LogP contribution in [0.25, 0.3) is 0 Å². The van der Waals surface area contributed by atoms with Gasteiger partial charge in [-0.2, -0.15) is 0 Å². The van der Waals surface area contributed by atoms with Crippen molar-refractivity contribution in [3.63, 3.8) is 0 Å². The predicted molar refractivity (Wildman–Crippen MR) is 75.5 cm³/mol. The summed E-state index contributed by atoms with van der Waals surface area (Å²) in [7, 11) is 1.81. The normalized spacial score (nSPS) is 12.2. The highest BCUT2D eigenvalue weighted by molar-refractivity contribution is 5.55.